The molecule has 2 nitrogen and oxygen atoms in total. The lowest BCUT2D eigenvalue weighted by Crippen LogP contribution is -2.38. The quantitative estimate of drug-likeness (QED) is 0.847. The molecule has 1 aromatic rings. The minimum atomic E-state index is 0.402. The lowest BCUT2D eigenvalue weighted by atomic mass is 9.80. The van der Waals surface area contributed by atoms with E-state index in [2.05, 4.69) is 25.2 Å². The summed E-state index contributed by atoms with van der Waals surface area (Å²) in [6.45, 7) is 4.76. The van der Waals surface area contributed by atoms with Crippen LogP contribution in [0.15, 0.2) is 18.2 Å². The van der Waals surface area contributed by atoms with Crippen LogP contribution < -0.4 is 5.32 Å². The number of nitrogens with one attached hydrogen (secondary N) is 1. The predicted octanol–water partition coefficient (Wildman–Crippen LogP) is 3.79. The molecule has 104 valence electrons. The third kappa shape index (κ3) is 2.79. The zero-order valence-corrected chi connectivity index (χ0v) is 12.0. The third-order valence-corrected chi connectivity index (χ3v) is 4.82. The van der Waals surface area contributed by atoms with Crippen LogP contribution in [0.1, 0.15) is 56.7 Å². The van der Waals surface area contributed by atoms with E-state index < -0.39 is 0 Å². The molecule has 2 heteroatoms. The molecule has 0 aliphatic heterocycles. The summed E-state index contributed by atoms with van der Waals surface area (Å²) < 4.78 is 0. The van der Waals surface area contributed by atoms with Crippen LogP contribution in [0.3, 0.4) is 0 Å². The molecule has 3 atom stereocenters. The number of hydrogen-bond donors (Lipinski definition) is 2. The van der Waals surface area contributed by atoms with E-state index in [1.165, 1.54) is 36.8 Å². The van der Waals surface area contributed by atoms with Crippen LogP contribution in [0.4, 0.5) is 0 Å². The third-order valence-electron chi connectivity index (χ3n) is 4.82. The highest BCUT2D eigenvalue weighted by molar-refractivity contribution is 5.40. The molecule has 0 bridgehead atoms. The van der Waals surface area contributed by atoms with E-state index in [-0.39, 0.29) is 0 Å². The zero-order valence-electron chi connectivity index (χ0n) is 12.0. The van der Waals surface area contributed by atoms with E-state index in [0.29, 0.717) is 17.8 Å². The van der Waals surface area contributed by atoms with E-state index >= 15 is 0 Å². The highest BCUT2D eigenvalue weighted by Gasteiger charge is 2.29. The van der Waals surface area contributed by atoms with Crippen LogP contribution in [0.25, 0.3) is 0 Å². The van der Waals surface area contributed by atoms with E-state index in [1.807, 2.05) is 12.1 Å². The van der Waals surface area contributed by atoms with Gasteiger partial charge in [0.25, 0.3) is 0 Å². The zero-order chi connectivity index (χ0) is 13.4. The summed E-state index contributed by atoms with van der Waals surface area (Å²) in [5, 5.41) is 13.4. The van der Waals surface area contributed by atoms with Gasteiger partial charge in [-0.15, -0.1) is 0 Å². The van der Waals surface area contributed by atoms with E-state index in [1.54, 1.807) is 0 Å². The Labute approximate surface area is 116 Å². The SMILES string of the molecule is CC1CC(C)CC(NC2CCc3cc(O)ccc32)C1. The van der Waals surface area contributed by atoms with Crippen LogP contribution >= 0.6 is 0 Å². The van der Waals surface area contributed by atoms with Crippen molar-refractivity contribution in [3.63, 3.8) is 0 Å². The molecule has 1 aromatic carbocycles. The van der Waals surface area contributed by atoms with Gasteiger partial charge >= 0.3 is 0 Å². The van der Waals surface area contributed by atoms with Gasteiger partial charge in [0, 0.05) is 12.1 Å². The van der Waals surface area contributed by atoms with E-state index in [0.717, 1.165) is 18.3 Å². The number of phenols is 1. The summed E-state index contributed by atoms with van der Waals surface area (Å²) in [6, 6.07) is 7.03. The fourth-order valence-corrected chi connectivity index (χ4v) is 4.14. The fourth-order valence-electron chi connectivity index (χ4n) is 4.14. The number of fused-ring (bicyclic) bond motifs is 1. The first kappa shape index (κ1) is 13.0. The Kier molecular flexibility index (Phi) is 3.53. The first-order chi connectivity index (χ1) is 9.11. The largest absolute Gasteiger partial charge is 0.508 e. The summed E-state index contributed by atoms with van der Waals surface area (Å²) >= 11 is 0. The van der Waals surface area contributed by atoms with Crippen molar-refractivity contribution in [1.29, 1.82) is 0 Å². The van der Waals surface area contributed by atoms with Crippen LogP contribution in [0.2, 0.25) is 0 Å². The fraction of sp³-hybridized carbons (Fsp3) is 0.647. The molecular formula is C17H25NO. The summed E-state index contributed by atoms with van der Waals surface area (Å²) in [7, 11) is 0. The Morgan fingerprint density at radius 1 is 1.11 bits per heavy atom. The van der Waals surface area contributed by atoms with Crippen LogP contribution in [0, 0.1) is 11.8 Å². The van der Waals surface area contributed by atoms with Crippen LogP contribution in [-0.2, 0) is 6.42 Å². The van der Waals surface area contributed by atoms with Gasteiger partial charge < -0.3 is 10.4 Å². The molecule has 2 N–H and O–H groups in total. The molecule has 2 aliphatic carbocycles. The second-order valence-electron chi connectivity index (χ2n) is 6.76. The predicted molar refractivity (Wildman–Crippen MR) is 78.3 cm³/mol. The number of rotatable bonds is 2. The van der Waals surface area contributed by atoms with Crippen molar-refractivity contribution < 1.29 is 5.11 Å². The number of aromatic hydroxyl groups is 1. The van der Waals surface area contributed by atoms with E-state index in [9.17, 15) is 5.11 Å². The number of hydrogen-bond acceptors (Lipinski definition) is 2. The Balaban J connectivity index is 1.69. The van der Waals surface area contributed by atoms with Crippen LogP contribution in [0.5, 0.6) is 5.75 Å². The normalized spacial score (nSPS) is 34.2. The van der Waals surface area contributed by atoms with Gasteiger partial charge in [-0.3, -0.25) is 0 Å². The Bertz CT molecular complexity index is 447. The second kappa shape index (κ2) is 5.16. The average Bonchev–Trinajstić information content (AvgIpc) is 2.70. The standard InChI is InChI=1S/C17H25NO/c1-11-7-12(2)9-14(8-11)18-17-6-3-13-10-15(19)4-5-16(13)17/h4-5,10-12,14,17-19H,3,6-9H2,1-2H3. The first-order valence-corrected chi connectivity index (χ1v) is 7.69. The van der Waals surface area contributed by atoms with Crippen molar-refractivity contribution in [1.82, 2.24) is 5.32 Å². The maximum atomic E-state index is 9.55. The van der Waals surface area contributed by atoms with Gasteiger partial charge in [-0.1, -0.05) is 19.9 Å². The van der Waals surface area contributed by atoms with Crippen molar-refractivity contribution in [2.75, 3.05) is 0 Å². The molecule has 0 spiro atoms. The topological polar surface area (TPSA) is 32.3 Å². The summed E-state index contributed by atoms with van der Waals surface area (Å²) in [6.07, 6.45) is 6.28. The van der Waals surface area contributed by atoms with Gasteiger partial charge in [-0.05, 0) is 67.2 Å². The molecule has 2 aliphatic rings. The summed E-state index contributed by atoms with van der Waals surface area (Å²) in [4.78, 5) is 0. The highest BCUT2D eigenvalue weighted by atomic mass is 16.3. The molecule has 0 saturated heterocycles. The Morgan fingerprint density at radius 2 is 1.84 bits per heavy atom. The Morgan fingerprint density at radius 3 is 2.58 bits per heavy atom. The molecule has 0 heterocycles. The minimum Gasteiger partial charge on any atom is -0.508 e. The van der Waals surface area contributed by atoms with Gasteiger partial charge in [0.2, 0.25) is 0 Å². The van der Waals surface area contributed by atoms with Gasteiger partial charge in [0.1, 0.15) is 5.75 Å². The lowest BCUT2D eigenvalue weighted by Gasteiger charge is -2.34. The molecule has 3 rings (SSSR count). The average molecular weight is 259 g/mol. The van der Waals surface area contributed by atoms with Crippen molar-refractivity contribution >= 4 is 0 Å². The van der Waals surface area contributed by atoms with Crippen molar-refractivity contribution in [2.45, 2.75) is 58.0 Å². The van der Waals surface area contributed by atoms with Crippen LogP contribution in [-0.4, -0.2) is 11.1 Å². The second-order valence-corrected chi connectivity index (χ2v) is 6.76. The van der Waals surface area contributed by atoms with Crippen molar-refractivity contribution in [3.05, 3.63) is 29.3 Å². The van der Waals surface area contributed by atoms with Gasteiger partial charge in [0.05, 0.1) is 0 Å². The lowest BCUT2D eigenvalue weighted by molar-refractivity contribution is 0.225. The van der Waals surface area contributed by atoms with Crippen molar-refractivity contribution in [3.8, 4) is 5.75 Å². The summed E-state index contributed by atoms with van der Waals surface area (Å²) in [5.41, 5.74) is 2.73. The highest BCUT2D eigenvalue weighted by Crippen LogP contribution is 2.36. The number of phenolic OH excluding ortho intramolecular Hbond substituents is 1. The van der Waals surface area contributed by atoms with E-state index in [4.69, 9.17) is 0 Å². The van der Waals surface area contributed by atoms with Gasteiger partial charge in [0.15, 0.2) is 0 Å². The van der Waals surface area contributed by atoms with Gasteiger partial charge in [-0.25, -0.2) is 0 Å². The molecule has 0 amide bonds. The number of benzene rings is 1. The minimum absolute atomic E-state index is 0.402. The maximum absolute atomic E-state index is 9.55. The molecule has 1 saturated carbocycles. The molecule has 19 heavy (non-hydrogen) atoms. The number of aryl methyl sites for hydroxylation is 1. The molecular weight excluding hydrogens is 234 g/mol. The van der Waals surface area contributed by atoms with Crippen molar-refractivity contribution in [2.24, 2.45) is 11.8 Å². The molecule has 0 radical (unpaired) electrons. The molecule has 3 unspecified atom stereocenters. The Hall–Kier alpha value is -1.02. The maximum Gasteiger partial charge on any atom is 0.115 e. The smallest absolute Gasteiger partial charge is 0.115 e. The molecule has 0 aromatic heterocycles. The summed E-state index contributed by atoms with van der Waals surface area (Å²) in [5.74, 6) is 2.10. The van der Waals surface area contributed by atoms with Gasteiger partial charge in [-0.2, -0.15) is 0 Å². The first-order valence-electron chi connectivity index (χ1n) is 7.69. The monoisotopic (exact) mass is 259 g/mol. The molecule has 1 fully saturated rings.